The van der Waals surface area contributed by atoms with E-state index < -0.39 is 10.8 Å². The molecule has 0 saturated carbocycles. The van der Waals surface area contributed by atoms with Crippen LogP contribution in [0.4, 0.5) is 21.9 Å². The van der Waals surface area contributed by atoms with Crippen molar-refractivity contribution in [3.05, 3.63) is 100 Å². The Labute approximate surface area is 173 Å². The number of amides is 3. The van der Waals surface area contributed by atoms with Gasteiger partial charge in [0, 0.05) is 29.1 Å². The van der Waals surface area contributed by atoms with E-state index in [2.05, 4.69) is 16.0 Å². The summed E-state index contributed by atoms with van der Waals surface area (Å²) in [5.41, 5.74) is 2.18. The summed E-state index contributed by atoms with van der Waals surface area (Å²) >= 11 is 0. The molecule has 3 rings (SSSR count). The van der Waals surface area contributed by atoms with Crippen LogP contribution in [-0.2, 0) is 0 Å². The molecule has 3 amide bonds. The van der Waals surface area contributed by atoms with Crippen molar-refractivity contribution in [2.45, 2.75) is 13.0 Å². The molecule has 3 N–H and O–H groups in total. The van der Waals surface area contributed by atoms with Crippen LogP contribution in [-0.4, -0.2) is 16.9 Å². The highest BCUT2D eigenvalue weighted by molar-refractivity contribution is 5.99. The molecule has 152 valence electrons. The topological polar surface area (TPSA) is 113 Å². The molecule has 0 bridgehead atoms. The number of nitro benzene ring substituents is 1. The van der Waals surface area contributed by atoms with Crippen LogP contribution < -0.4 is 16.0 Å². The van der Waals surface area contributed by atoms with Crippen molar-refractivity contribution in [3.63, 3.8) is 0 Å². The molecule has 30 heavy (non-hydrogen) atoms. The Balaban J connectivity index is 1.58. The summed E-state index contributed by atoms with van der Waals surface area (Å²) in [6.07, 6.45) is 0. The van der Waals surface area contributed by atoms with Gasteiger partial charge in [-0.2, -0.15) is 0 Å². The Morgan fingerprint density at radius 1 is 0.867 bits per heavy atom. The monoisotopic (exact) mass is 404 g/mol. The number of carbonyl (C=O) groups excluding carboxylic acids is 2. The van der Waals surface area contributed by atoms with Gasteiger partial charge in [0.15, 0.2) is 0 Å². The molecular formula is C22H20N4O4. The fourth-order valence-electron chi connectivity index (χ4n) is 2.79. The standard InChI is InChI=1S/C22H20N4O4/c1-15(23-21(27)17-6-5-9-20(14-17)26(29)30)16-10-12-19(13-11-16)25-22(28)24-18-7-3-2-4-8-18/h2-15H,1H3,(H,23,27)(H2,24,25,28). The maximum Gasteiger partial charge on any atom is 0.323 e. The number of nitrogens with zero attached hydrogens (tertiary/aromatic N) is 1. The van der Waals surface area contributed by atoms with Gasteiger partial charge < -0.3 is 16.0 Å². The first-order valence-electron chi connectivity index (χ1n) is 9.21. The third-order valence-electron chi connectivity index (χ3n) is 4.37. The van der Waals surface area contributed by atoms with E-state index >= 15 is 0 Å². The second-order valence-electron chi connectivity index (χ2n) is 6.57. The van der Waals surface area contributed by atoms with Crippen molar-refractivity contribution in [1.82, 2.24) is 5.32 Å². The Morgan fingerprint density at radius 2 is 1.50 bits per heavy atom. The molecule has 0 aliphatic carbocycles. The summed E-state index contributed by atoms with van der Waals surface area (Å²) in [4.78, 5) is 34.8. The van der Waals surface area contributed by atoms with Gasteiger partial charge in [-0.15, -0.1) is 0 Å². The van der Waals surface area contributed by atoms with Gasteiger partial charge in [0.05, 0.1) is 11.0 Å². The van der Waals surface area contributed by atoms with Crippen molar-refractivity contribution in [2.24, 2.45) is 0 Å². The maximum atomic E-state index is 12.4. The number of carbonyl (C=O) groups is 2. The molecular weight excluding hydrogens is 384 g/mol. The van der Waals surface area contributed by atoms with Crippen LogP contribution in [0.15, 0.2) is 78.9 Å². The zero-order valence-electron chi connectivity index (χ0n) is 16.2. The highest BCUT2D eigenvalue weighted by atomic mass is 16.6. The van der Waals surface area contributed by atoms with Crippen LogP contribution in [0, 0.1) is 10.1 Å². The lowest BCUT2D eigenvalue weighted by Crippen LogP contribution is -2.26. The zero-order chi connectivity index (χ0) is 21.5. The first-order valence-corrected chi connectivity index (χ1v) is 9.21. The van der Waals surface area contributed by atoms with E-state index in [1.807, 2.05) is 18.2 Å². The van der Waals surface area contributed by atoms with E-state index in [0.29, 0.717) is 11.4 Å². The number of rotatable bonds is 6. The second-order valence-corrected chi connectivity index (χ2v) is 6.57. The van der Waals surface area contributed by atoms with Gasteiger partial charge in [-0.3, -0.25) is 14.9 Å². The van der Waals surface area contributed by atoms with Crippen LogP contribution in [0.3, 0.4) is 0 Å². The largest absolute Gasteiger partial charge is 0.346 e. The summed E-state index contributed by atoms with van der Waals surface area (Å²) in [6, 6.07) is 21.0. The zero-order valence-corrected chi connectivity index (χ0v) is 16.2. The molecule has 0 saturated heterocycles. The SMILES string of the molecule is CC(NC(=O)c1cccc([N+](=O)[O-])c1)c1ccc(NC(=O)Nc2ccccc2)cc1. The van der Waals surface area contributed by atoms with E-state index in [1.165, 1.54) is 24.3 Å². The Bertz CT molecular complexity index is 1050. The fraction of sp³-hybridized carbons (Fsp3) is 0.0909. The number of non-ortho nitro benzene ring substituents is 1. The third kappa shape index (κ3) is 5.41. The molecule has 3 aromatic rings. The number of anilines is 2. The van der Waals surface area contributed by atoms with Crippen LogP contribution in [0.25, 0.3) is 0 Å². The third-order valence-corrected chi connectivity index (χ3v) is 4.37. The first kappa shape index (κ1) is 20.5. The quantitative estimate of drug-likeness (QED) is 0.407. The number of urea groups is 1. The Morgan fingerprint density at radius 3 is 2.13 bits per heavy atom. The fourth-order valence-corrected chi connectivity index (χ4v) is 2.79. The number of hydrogen-bond acceptors (Lipinski definition) is 4. The molecule has 0 aliphatic rings. The summed E-state index contributed by atoms with van der Waals surface area (Å²) in [5.74, 6) is -0.407. The lowest BCUT2D eigenvalue weighted by Gasteiger charge is -2.15. The van der Waals surface area contributed by atoms with Crippen molar-refractivity contribution in [1.29, 1.82) is 0 Å². The van der Waals surface area contributed by atoms with Gasteiger partial charge in [-0.25, -0.2) is 4.79 Å². The molecule has 0 aromatic heterocycles. The van der Waals surface area contributed by atoms with Crippen LogP contribution in [0.1, 0.15) is 28.9 Å². The molecule has 0 heterocycles. The normalized spacial score (nSPS) is 11.2. The van der Waals surface area contributed by atoms with E-state index in [4.69, 9.17) is 0 Å². The lowest BCUT2D eigenvalue weighted by molar-refractivity contribution is -0.384. The number of nitro groups is 1. The minimum absolute atomic E-state index is 0.139. The van der Waals surface area contributed by atoms with Crippen molar-refractivity contribution < 1.29 is 14.5 Å². The number of benzene rings is 3. The summed E-state index contributed by atoms with van der Waals surface area (Å²) in [7, 11) is 0. The summed E-state index contributed by atoms with van der Waals surface area (Å²) < 4.78 is 0. The minimum Gasteiger partial charge on any atom is -0.346 e. The highest BCUT2D eigenvalue weighted by Crippen LogP contribution is 2.18. The van der Waals surface area contributed by atoms with E-state index in [1.54, 1.807) is 43.3 Å². The average molecular weight is 404 g/mol. The van der Waals surface area contributed by atoms with Gasteiger partial charge in [0.1, 0.15) is 0 Å². The number of hydrogen-bond donors (Lipinski definition) is 3. The van der Waals surface area contributed by atoms with Crippen molar-refractivity contribution in [2.75, 3.05) is 10.6 Å². The molecule has 0 radical (unpaired) electrons. The highest BCUT2D eigenvalue weighted by Gasteiger charge is 2.14. The molecule has 3 aromatic carbocycles. The van der Waals surface area contributed by atoms with Gasteiger partial charge in [0.2, 0.25) is 0 Å². The van der Waals surface area contributed by atoms with Crippen molar-refractivity contribution in [3.8, 4) is 0 Å². The molecule has 8 nitrogen and oxygen atoms in total. The molecule has 0 spiro atoms. The van der Waals surface area contributed by atoms with Crippen molar-refractivity contribution >= 4 is 29.0 Å². The molecule has 0 fully saturated rings. The smallest absolute Gasteiger partial charge is 0.323 e. The van der Waals surface area contributed by atoms with Gasteiger partial charge in [0.25, 0.3) is 11.6 Å². The Kier molecular flexibility index (Phi) is 6.39. The van der Waals surface area contributed by atoms with Gasteiger partial charge in [-0.05, 0) is 42.8 Å². The number of para-hydroxylation sites is 1. The summed E-state index contributed by atoms with van der Waals surface area (Å²) in [6.45, 7) is 1.81. The number of nitrogens with one attached hydrogen (secondary N) is 3. The Hall–Kier alpha value is -4.20. The van der Waals surface area contributed by atoms with Crippen LogP contribution in [0.5, 0.6) is 0 Å². The average Bonchev–Trinajstić information content (AvgIpc) is 2.75. The van der Waals surface area contributed by atoms with Crippen LogP contribution >= 0.6 is 0 Å². The van der Waals surface area contributed by atoms with E-state index in [-0.39, 0.29) is 23.3 Å². The molecule has 8 heteroatoms. The van der Waals surface area contributed by atoms with Gasteiger partial charge in [-0.1, -0.05) is 36.4 Å². The maximum absolute atomic E-state index is 12.4. The van der Waals surface area contributed by atoms with E-state index in [0.717, 1.165) is 5.56 Å². The predicted octanol–water partition coefficient (Wildman–Crippen LogP) is 4.73. The lowest BCUT2D eigenvalue weighted by atomic mass is 10.1. The predicted molar refractivity (Wildman–Crippen MR) is 115 cm³/mol. The van der Waals surface area contributed by atoms with Crippen LogP contribution in [0.2, 0.25) is 0 Å². The van der Waals surface area contributed by atoms with Gasteiger partial charge >= 0.3 is 6.03 Å². The molecule has 1 unspecified atom stereocenters. The second kappa shape index (κ2) is 9.33. The minimum atomic E-state index is -0.542. The molecule has 1 atom stereocenters. The molecule has 0 aliphatic heterocycles. The first-order chi connectivity index (χ1) is 14.4. The van der Waals surface area contributed by atoms with E-state index in [9.17, 15) is 19.7 Å². The summed E-state index contributed by atoms with van der Waals surface area (Å²) in [5, 5.41) is 19.1.